The summed E-state index contributed by atoms with van der Waals surface area (Å²) in [6, 6.07) is 0. The van der Waals surface area contributed by atoms with Crippen molar-refractivity contribution in [2.24, 2.45) is 23.7 Å². The maximum atomic E-state index is 5.50. The van der Waals surface area contributed by atoms with Crippen molar-refractivity contribution in [1.82, 2.24) is 0 Å². The Balaban J connectivity index is -0.000000490. The summed E-state index contributed by atoms with van der Waals surface area (Å²) in [5.74, 6) is 2.01. The van der Waals surface area contributed by atoms with Crippen LogP contribution in [0.15, 0.2) is 0 Å². The first-order chi connectivity index (χ1) is 13.8. The Hall–Kier alpha value is 2.46. The first kappa shape index (κ1) is 38.0. The zero-order valence-corrected chi connectivity index (χ0v) is 28.9. The number of rotatable bonds is 16. The van der Waals surface area contributed by atoms with Crippen molar-refractivity contribution in [2.75, 3.05) is 26.4 Å². The second-order valence-electron chi connectivity index (χ2n) is 8.13. The molecule has 4 nitrogen and oxygen atoms in total. The first-order valence-corrected chi connectivity index (χ1v) is 18.3. The minimum Gasteiger partial charge on any atom is -0.691 e. The van der Waals surface area contributed by atoms with Gasteiger partial charge >= 0.3 is 19.5 Å². The molecule has 0 aromatic carbocycles. The van der Waals surface area contributed by atoms with Gasteiger partial charge in [-0.05, 0) is 23.7 Å². The molecule has 0 aliphatic heterocycles. The molecule has 11 heteroatoms. The molecule has 0 aromatic rings. The Morgan fingerprint density at radius 3 is 0.839 bits per heavy atom. The predicted octanol–water partition coefficient (Wildman–Crippen LogP) is 7.76. The quantitative estimate of drug-likeness (QED) is 0.101. The molecule has 0 saturated heterocycles. The Bertz CT molecular complexity index is 438. The van der Waals surface area contributed by atoms with E-state index in [2.05, 4.69) is 55.4 Å². The molecule has 184 valence electrons. The molecule has 4 atom stereocenters. The smallest absolute Gasteiger partial charge is 0.691 e. The van der Waals surface area contributed by atoms with Crippen LogP contribution >= 0.6 is 11.4 Å². The van der Waals surface area contributed by atoms with Gasteiger partial charge in [0.15, 0.2) is 0 Å². The van der Waals surface area contributed by atoms with E-state index in [1.165, 1.54) is 0 Å². The Morgan fingerprint density at radius 1 is 0.548 bits per heavy atom. The number of hydrogen-bond acceptors (Lipinski definition) is 8. The van der Waals surface area contributed by atoms with Gasteiger partial charge in [-0.15, -0.1) is 0 Å². The maximum absolute atomic E-state index is 5.50. The van der Waals surface area contributed by atoms with E-state index in [-0.39, 0.29) is 19.5 Å². The average molecular weight is 604 g/mol. The molecule has 31 heavy (non-hydrogen) atoms. The molecule has 0 aromatic heterocycles. The molecular weight excluding hydrogens is 560 g/mol. The summed E-state index contributed by atoms with van der Waals surface area (Å²) in [4.78, 5) is 0. The fraction of sp³-hybridized carbons (Fsp3) is 1.00. The second kappa shape index (κ2) is 21.7. The molecule has 0 aliphatic rings. The van der Waals surface area contributed by atoms with Crippen molar-refractivity contribution < 1.29 is 37.6 Å². The summed E-state index contributed by atoms with van der Waals surface area (Å²) in [6.07, 6.45) is 4.32. The van der Waals surface area contributed by atoms with Gasteiger partial charge in [-0.1, -0.05) is 105 Å². The van der Waals surface area contributed by atoms with Gasteiger partial charge in [0.05, 0.1) is 37.8 Å². The van der Waals surface area contributed by atoms with E-state index in [1.807, 2.05) is 0 Å². The van der Waals surface area contributed by atoms with Crippen LogP contribution in [0, 0.1) is 23.7 Å². The SMILES string of the molecule is CCC(C)COP(=S)([S-])OCC(C)CC.CCC(C)COP(=S)([S-])OCC(C)CC.[Zn+2]. The molecule has 4 unspecified atom stereocenters. The maximum Gasteiger partial charge on any atom is 2.00 e. The minimum absolute atomic E-state index is 0. The molecule has 0 amide bonds. The van der Waals surface area contributed by atoms with Gasteiger partial charge in [-0.3, -0.25) is 0 Å². The van der Waals surface area contributed by atoms with Gasteiger partial charge in [-0.2, -0.15) is 0 Å². The summed E-state index contributed by atoms with van der Waals surface area (Å²) in [7, 11) is 0. The third-order valence-corrected chi connectivity index (χ3v) is 9.25. The van der Waals surface area contributed by atoms with Crippen LogP contribution in [0.2, 0.25) is 0 Å². The molecule has 0 rings (SSSR count). The molecule has 0 fully saturated rings. The van der Waals surface area contributed by atoms with Crippen molar-refractivity contribution in [3.05, 3.63) is 0 Å². The van der Waals surface area contributed by atoms with Crippen LogP contribution in [0.25, 0.3) is 0 Å². The monoisotopic (exact) mass is 602 g/mol. The largest absolute Gasteiger partial charge is 2.00 e. The van der Waals surface area contributed by atoms with E-state index in [4.69, 9.17) is 66.2 Å². The van der Waals surface area contributed by atoms with Gasteiger partial charge in [0.25, 0.3) is 0 Å². The third kappa shape index (κ3) is 25.4. The van der Waals surface area contributed by atoms with Crippen molar-refractivity contribution in [3.63, 3.8) is 0 Å². The molecular formula is C20H44O4P2S4Zn. The van der Waals surface area contributed by atoms with Gasteiger partial charge in [0.1, 0.15) is 0 Å². The summed E-state index contributed by atoms with van der Waals surface area (Å²) < 4.78 is 22.0. The topological polar surface area (TPSA) is 36.9 Å². The molecule has 0 radical (unpaired) electrons. The fourth-order valence-electron chi connectivity index (χ4n) is 1.42. The van der Waals surface area contributed by atoms with E-state index < -0.39 is 11.4 Å². The van der Waals surface area contributed by atoms with E-state index >= 15 is 0 Å². The van der Waals surface area contributed by atoms with E-state index in [9.17, 15) is 0 Å². The van der Waals surface area contributed by atoms with Crippen molar-refractivity contribution in [2.45, 2.75) is 81.1 Å². The zero-order valence-electron chi connectivity index (χ0n) is 20.8. The average Bonchev–Trinajstić information content (AvgIpc) is 2.72. The van der Waals surface area contributed by atoms with Gasteiger partial charge < -0.3 is 42.6 Å². The Kier molecular flexibility index (Phi) is 26.6. The molecule has 0 spiro atoms. The van der Waals surface area contributed by atoms with Crippen LogP contribution in [0.4, 0.5) is 0 Å². The summed E-state index contributed by atoms with van der Waals surface area (Å²) >= 11 is 20.6. The first-order valence-electron chi connectivity index (χ1n) is 11.0. The van der Waals surface area contributed by atoms with Crippen LogP contribution in [-0.4, -0.2) is 26.4 Å². The van der Waals surface area contributed by atoms with Gasteiger partial charge in [-0.25, -0.2) is 0 Å². The third-order valence-electron chi connectivity index (χ3n) is 4.86. The van der Waals surface area contributed by atoms with Crippen LogP contribution in [0.5, 0.6) is 0 Å². The van der Waals surface area contributed by atoms with Crippen LogP contribution in [0.1, 0.15) is 81.1 Å². The molecule has 0 heterocycles. The van der Waals surface area contributed by atoms with Gasteiger partial charge in [0, 0.05) is 0 Å². The Labute approximate surface area is 226 Å². The van der Waals surface area contributed by atoms with Crippen LogP contribution in [-0.2, 0) is 85.7 Å². The van der Waals surface area contributed by atoms with Crippen molar-refractivity contribution in [1.29, 1.82) is 0 Å². The minimum atomic E-state index is -2.41. The molecule has 0 aliphatic carbocycles. The standard InChI is InChI=1S/2C10H23O2PS2.Zn/c2*1-5-9(3)7-11-13(14,15)12-8-10(4)6-2;/h2*9-10H,5-8H2,1-4H3,(H,14,15);/q;;+2/p-2. The Morgan fingerprint density at radius 2 is 0.710 bits per heavy atom. The second-order valence-corrected chi connectivity index (χ2v) is 18.1. The summed E-state index contributed by atoms with van der Waals surface area (Å²) in [6.45, 7) is 19.5. The van der Waals surface area contributed by atoms with Crippen molar-refractivity contribution in [3.8, 4) is 0 Å². The van der Waals surface area contributed by atoms with Crippen LogP contribution in [0.3, 0.4) is 0 Å². The predicted molar refractivity (Wildman–Crippen MR) is 145 cm³/mol. The zero-order chi connectivity index (χ0) is 23.8. The fourth-order valence-corrected chi connectivity index (χ4v) is 4.78. The summed E-state index contributed by atoms with van der Waals surface area (Å²) in [5.41, 5.74) is -4.82. The molecule has 0 N–H and O–H groups in total. The van der Waals surface area contributed by atoms with Gasteiger partial charge in [0.2, 0.25) is 0 Å². The van der Waals surface area contributed by atoms with E-state index in [0.29, 0.717) is 50.1 Å². The molecule has 0 saturated carbocycles. The van der Waals surface area contributed by atoms with E-state index in [1.54, 1.807) is 0 Å². The van der Waals surface area contributed by atoms with Crippen LogP contribution < -0.4 is 0 Å². The number of hydrogen-bond donors (Lipinski definition) is 0. The van der Waals surface area contributed by atoms with Crippen molar-refractivity contribution >= 4 is 59.5 Å². The van der Waals surface area contributed by atoms with E-state index in [0.717, 1.165) is 25.7 Å². The molecule has 0 bridgehead atoms. The normalized spacial score (nSPS) is 18.9. The summed E-state index contributed by atoms with van der Waals surface area (Å²) in [5, 5.41) is 0.